The molecular formula is C26H24N4O2S. The van der Waals surface area contributed by atoms with E-state index in [1.807, 2.05) is 44.2 Å². The van der Waals surface area contributed by atoms with Crippen LogP contribution in [0, 0.1) is 6.92 Å². The molecule has 2 aromatic carbocycles. The molecule has 1 N–H and O–H groups in total. The lowest BCUT2D eigenvalue weighted by atomic mass is 10.0. The van der Waals surface area contributed by atoms with Crippen molar-refractivity contribution in [2.75, 3.05) is 10.2 Å². The molecule has 166 valence electrons. The summed E-state index contributed by atoms with van der Waals surface area (Å²) in [6.45, 7) is 7.67. The number of carbonyl (C=O) groups excluding carboxylic acids is 2. The van der Waals surface area contributed by atoms with Gasteiger partial charge in [-0.05, 0) is 54.8 Å². The fourth-order valence-corrected chi connectivity index (χ4v) is 4.55. The minimum absolute atomic E-state index is 0.327. The Labute approximate surface area is 196 Å². The van der Waals surface area contributed by atoms with Gasteiger partial charge < -0.3 is 5.32 Å². The van der Waals surface area contributed by atoms with Crippen molar-refractivity contribution in [3.8, 4) is 0 Å². The Bertz CT molecular complexity index is 1320. The number of hydrogen-bond acceptors (Lipinski definition) is 5. The molecule has 0 bridgehead atoms. The van der Waals surface area contributed by atoms with E-state index in [4.69, 9.17) is 0 Å². The molecule has 0 fully saturated rings. The molecule has 4 aromatic rings. The Morgan fingerprint density at radius 3 is 2.79 bits per heavy atom. The van der Waals surface area contributed by atoms with E-state index in [0.29, 0.717) is 11.3 Å². The first kappa shape index (κ1) is 22.4. The molecule has 2 aromatic heterocycles. The number of amides is 2. The van der Waals surface area contributed by atoms with E-state index in [0.717, 1.165) is 33.5 Å². The Hall–Kier alpha value is -3.84. The molecular weight excluding hydrogens is 432 g/mol. The van der Waals surface area contributed by atoms with Crippen LogP contribution in [0.4, 0.5) is 11.4 Å². The van der Waals surface area contributed by atoms with Crippen LogP contribution in [0.25, 0.3) is 10.2 Å². The first-order chi connectivity index (χ1) is 16.0. The molecule has 0 aliphatic heterocycles. The summed E-state index contributed by atoms with van der Waals surface area (Å²) in [5, 5.41) is 3.09. The van der Waals surface area contributed by atoms with Crippen LogP contribution >= 0.6 is 11.3 Å². The number of nitrogens with zero attached hydrogens (tertiary/aromatic N) is 3. The number of anilines is 2. The second-order valence-electron chi connectivity index (χ2n) is 7.56. The Kier molecular flexibility index (Phi) is 6.60. The molecule has 0 radical (unpaired) electrons. The van der Waals surface area contributed by atoms with Crippen molar-refractivity contribution in [3.05, 3.63) is 95.8 Å². The first-order valence-corrected chi connectivity index (χ1v) is 11.5. The monoisotopic (exact) mass is 456 g/mol. The van der Waals surface area contributed by atoms with Crippen LogP contribution in [0.15, 0.2) is 79.1 Å². The zero-order valence-electron chi connectivity index (χ0n) is 18.5. The minimum Gasteiger partial charge on any atom is -0.323 e. The largest absolute Gasteiger partial charge is 0.323 e. The number of benzene rings is 2. The quantitative estimate of drug-likeness (QED) is 0.375. The van der Waals surface area contributed by atoms with Crippen molar-refractivity contribution >= 4 is 44.7 Å². The summed E-state index contributed by atoms with van der Waals surface area (Å²) >= 11 is 1.48. The van der Waals surface area contributed by atoms with Gasteiger partial charge in [-0.1, -0.05) is 37.8 Å². The molecule has 2 heterocycles. The molecule has 0 saturated heterocycles. The highest BCUT2D eigenvalue weighted by Crippen LogP contribution is 2.33. The maximum Gasteiger partial charge on any atom is 0.252 e. The van der Waals surface area contributed by atoms with Crippen LogP contribution in [0.3, 0.4) is 0 Å². The Morgan fingerprint density at radius 2 is 2.06 bits per heavy atom. The van der Waals surface area contributed by atoms with Crippen LogP contribution in [-0.4, -0.2) is 21.8 Å². The molecule has 7 heteroatoms. The zero-order valence-corrected chi connectivity index (χ0v) is 19.3. The molecule has 6 nitrogen and oxygen atoms in total. The van der Waals surface area contributed by atoms with Crippen LogP contribution < -0.4 is 10.2 Å². The lowest BCUT2D eigenvalue weighted by molar-refractivity contribution is -0.121. The molecule has 4 rings (SSSR count). The van der Waals surface area contributed by atoms with Crippen molar-refractivity contribution in [1.82, 2.24) is 9.97 Å². The topological polar surface area (TPSA) is 75.2 Å². The average Bonchev–Trinajstić information content (AvgIpc) is 3.31. The number of pyridine rings is 1. The van der Waals surface area contributed by atoms with Gasteiger partial charge in [0.05, 0.1) is 15.7 Å². The fourth-order valence-electron chi connectivity index (χ4n) is 3.84. The summed E-state index contributed by atoms with van der Waals surface area (Å²) in [4.78, 5) is 36.9. The number of aryl methyl sites for hydroxylation is 2. The number of para-hydroxylation sites is 1. The van der Waals surface area contributed by atoms with Crippen LogP contribution in [0.1, 0.15) is 29.7 Å². The van der Waals surface area contributed by atoms with Crippen LogP contribution in [0.5, 0.6) is 0 Å². The standard InChI is InChI=1S/C26H24N4O2S/c1-4-18-9-6-8-17(3)24(18)29-26(32)25(19-10-7-13-27-15-19)30(23(31)5-2)20-11-12-21-22(14-20)33-16-28-21/h5-16,25H,2,4H2,1,3H3,(H,29,32). The van der Waals surface area contributed by atoms with E-state index in [-0.39, 0.29) is 11.8 Å². The lowest BCUT2D eigenvalue weighted by Gasteiger charge is -2.31. The second-order valence-corrected chi connectivity index (χ2v) is 8.44. The number of carbonyl (C=O) groups is 2. The lowest BCUT2D eigenvalue weighted by Crippen LogP contribution is -2.41. The smallest absolute Gasteiger partial charge is 0.252 e. The number of rotatable bonds is 7. The highest BCUT2D eigenvalue weighted by Gasteiger charge is 2.32. The Balaban J connectivity index is 1.83. The maximum absolute atomic E-state index is 13.8. The van der Waals surface area contributed by atoms with Crippen molar-refractivity contribution < 1.29 is 9.59 Å². The van der Waals surface area contributed by atoms with Gasteiger partial charge in [-0.25, -0.2) is 4.98 Å². The van der Waals surface area contributed by atoms with Gasteiger partial charge in [0.15, 0.2) is 0 Å². The summed E-state index contributed by atoms with van der Waals surface area (Å²) in [6, 6.07) is 14.0. The van der Waals surface area contributed by atoms with Gasteiger partial charge in [-0.3, -0.25) is 19.5 Å². The van der Waals surface area contributed by atoms with Gasteiger partial charge in [-0.2, -0.15) is 0 Å². The molecule has 1 unspecified atom stereocenters. The van der Waals surface area contributed by atoms with E-state index in [1.54, 1.807) is 36.1 Å². The molecule has 0 aliphatic carbocycles. The van der Waals surface area contributed by atoms with E-state index in [9.17, 15) is 9.59 Å². The number of fused-ring (bicyclic) bond motifs is 1. The molecule has 1 atom stereocenters. The van der Waals surface area contributed by atoms with Crippen molar-refractivity contribution in [3.63, 3.8) is 0 Å². The van der Waals surface area contributed by atoms with Gasteiger partial charge in [0, 0.05) is 29.3 Å². The number of aromatic nitrogens is 2. The first-order valence-electron chi connectivity index (χ1n) is 10.6. The number of hydrogen-bond donors (Lipinski definition) is 1. The number of nitrogens with one attached hydrogen (secondary N) is 1. The molecule has 0 spiro atoms. The average molecular weight is 457 g/mol. The van der Waals surface area contributed by atoms with Gasteiger partial charge in [0.1, 0.15) is 6.04 Å². The van der Waals surface area contributed by atoms with Gasteiger partial charge in [0.25, 0.3) is 11.8 Å². The van der Waals surface area contributed by atoms with E-state index < -0.39 is 6.04 Å². The molecule has 0 saturated carbocycles. The van der Waals surface area contributed by atoms with Crippen molar-refractivity contribution in [2.24, 2.45) is 0 Å². The summed E-state index contributed by atoms with van der Waals surface area (Å²) < 4.78 is 0.923. The summed E-state index contributed by atoms with van der Waals surface area (Å²) in [5.74, 6) is -0.713. The minimum atomic E-state index is -0.945. The van der Waals surface area contributed by atoms with Crippen molar-refractivity contribution in [1.29, 1.82) is 0 Å². The highest BCUT2D eigenvalue weighted by molar-refractivity contribution is 7.16. The third-order valence-electron chi connectivity index (χ3n) is 5.50. The number of thiazole rings is 1. The molecule has 0 aliphatic rings. The van der Waals surface area contributed by atoms with E-state index in [2.05, 4.69) is 21.9 Å². The van der Waals surface area contributed by atoms with E-state index >= 15 is 0 Å². The maximum atomic E-state index is 13.8. The summed E-state index contributed by atoms with van der Waals surface area (Å²) in [5.41, 5.74) is 6.53. The summed E-state index contributed by atoms with van der Waals surface area (Å²) in [7, 11) is 0. The third-order valence-corrected chi connectivity index (χ3v) is 6.29. The second kappa shape index (κ2) is 9.75. The normalized spacial score (nSPS) is 11.7. The van der Waals surface area contributed by atoms with Gasteiger partial charge in [0.2, 0.25) is 0 Å². The van der Waals surface area contributed by atoms with Crippen LogP contribution in [0.2, 0.25) is 0 Å². The summed E-state index contributed by atoms with van der Waals surface area (Å²) in [6.07, 6.45) is 5.24. The van der Waals surface area contributed by atoms with Crippen molar-refractivity contribution in [2.45, 2.75) is 26.3 Å². The predicted octanol–water partition coefficient (Wildman–Crippen LogP) is 5.46. The van der Waals surface area contributed by atoms with E-state index in [1.165, 1.54) is 22.3 Å². The predicted molar refractivity (Wildman–Crippen MR) is 133 cm³/mol. The third kappa shape index (κ3) is 4.54. The molecule has 2 amide bonds. The Morgan fingerprint density at radius 1 is 1.21 bits per heavy atom. The highest BCUT2D eigenvalue weighted by atomic mass is 32.1. The SMILES string of the molecule is C=CC(=O)N(c1ccc2ncsc2c1)C(C(=O)Nc1c(C)cccc1CC)c1cccnc1. The van der Waals surface area contributed by atoms with Crippen LogP contribution in [-0.2, 0) is 16.0 Å². The zero-order chi connectivity index (χ0) is 23.4. The van der Waals surface area contributed by atoms with Gasteiger partial charge in [-0.15, -0.1) is 11.3 Å². The fraction of sp³-hybridized carbons (Fsp3) is 0.154. The molecule has 33 heavy (non-hydrogen) atoms. The van der Waals surface area contributed by atoms with Gasteiger partial charge >= 0.3 is 0 Å².